The maximum absolute atomic E-state index is 10.7. The smallest absolute Gasteiger partial charge is 0.282 e. The molecule has 8 heteroatoms. The van der Waals surface area contributed by atoms with Gasteiger partial charge in [-0.2, -0.15) is 8.42 Å². The van der Waals surface area contributed by atoms with Crippen LogP contribution in [0.2, 0.25) is 0 Å². The summed E-state index contributed by atoms with van der Waals surface area (Å²) in [5.74, 6) is 0. The molecule has 0 unspecified atom stereocenters. The van der Waals surface area contributed by atoms with Crippen LogP contribution in [0.25, 0.3) is 0 Å². The van der Waals surface area contributed by atoms with Gasteiger partial charge < -0.3 is 0 Å². The summed E-state index contributed by atoms with van der Waals surface area (Å²) >= 11 is 0. The molecular weight excluding hydrogens is 326 g/mol. The van der Waals surface area contributed by atoms with Crippen LogP contribution >= 0.6 is 0 Å². The Balaban J connectivity index is 0.000000220. The number of aryl methyl sites for hydroxylation is 2. The lowest BCUT2D eigenvalue weighted by Gasteiger charge is -1.96. The number of sulfonamides is 1. The average Bonchev–Trinajstić information content (AvgIpc) is 2.38. The van der Waals surface area contributed by atoms with Crippen molar-refractivity contribution in [3.05, 3.63) is 59.7 Å². The highest BCUT2D eigenvalue weighted by Gasteiger charge is 2.07. The molecule has 0 bridgehead atoms. The molecule has 0 aliphatic heterocycles. The molecule has 22 heavy (non-hydrogen) atoms. The third kappa shape index (κ3) is 5.94. The molecule has 0 saturated heterocycles. The second kappa shape index (κ2) is 7.01. The van der Waals surface area contributed by atoms with Crippen molar-refractivity contribution in [1.29, 1.82) is 0 Å². The maximum Gasteiger partial charge on any atom is 0.294 e. The summed E-state index contributed by atoms with van der Waals surface area (Å²) in [6.45, 7) is 3.72. The van der Waals surface area contributed by atoms with E-state index in [4.69, 9.17) is 9.69 Å². The fourth-order valence-corrected chi connectivity index (χ4v) is 2.43. The lowest BCUT2D eigenvalue weighted by molar-refractivity contribution is 0.483. The van der Waals surface area contributed by atoms with E-state index in [0.29, 0.717) is 0 Å². The molecule has 0 fully saturated rings. The lowest BCUT2D eigenvalue weighted by atomic mass is 10.2. The Morgan fingerprint density at radius 1 is 0.727 bits per heavy atom. The van der Waals surface area contributed by atoms with Gasteiger partial charge in [0.1, 0.15) is 0 Å². The standard InChI is InChI=1S/C7H9NO2S.C7H8O3S/c2*1-6-2-4-7(5-3-6)11(8,9)10/h2-5H,1H3,(H2,8,9,10);2-5H,1H3,(H,8,9,10). The van der Waals surface area contributed by atoms with Crippen LogP contribution in [0.3, 0.4) is 0 Å². The van der Waals surface area contributed by atoms with E-state index in [2.05, 4.69) is 0 Å². The fraction of sp³-hybridized carbons (Fsp3) is 0.143. The van der Waals surface area contributed by atoms with Gasteiger partial charge in [-0.3, -0.25) is 4.55 Å². The first kappa shape index (κ1) is 18.3. The number of hydrogen-bond donors (Lipinski definition) is 2. The second-order valence-electron chi connectivity index (χ2n) is 4.65. The first-order valence-electron chi connectivity index (χ1n) is 6.14. The van der Waals surface area contributed by atoms with Gasteiger partial charge >= 0.3 is 0 Å². The van der Waals surface area contributed by atoms with Gasteiger partial charge in [0.2, 0.25) is 10.0 Å². The molecular formula is C14H17NO5S2. The first-order valence-corrected chi connectivity index (χ1v) is 9.12. The van der Waals surface area contributed by atoms with E-state index in [9.17, 15) is 16.8 Å². The van der Waals surface area contributed by atoms with Crippen LogP contribution in [-0.4, -0.2) is 21.4 Å². The van der Waals surface area contributed by atoms with Crippen molar-refractivity contribution < 1.29 is 21.4 Å². The summed E-state index contributed by atoms with van der Waals surface area (Å²) in [7, 11) is -7.54. The Labute approximate surface area is 130 Å². The number of benzene rings is 2. The fourth-order valence-electron chi connectivity index (χ4n) is 1.44. The van der Waals surface area contributed by atoms with Crippen molar-refractivity contribution in [2.24, 2.45) is 5.14 Å². The Morgan fingerprint density at radius 2 is 1.05 bits per heavy atom. The van der Waals surface area contributed by atoms with Crippen molar-refractivity contribution >= 4 is 20.1 Å². The number of nitrogens with two attached hydrogens (primary N) is 1. The average molecular weight is 343 g/mol. The zero-order valence-electron chi connectivity index (χ0n) is 12.1. The summed E-state index contributed by atoms with van der Waals surface area (Å²) < 4.78 is 51.0. The molecule has 0 aromatic heterocycles. The Morgan fingerprint density at radius 3 is 1.32 bits per heavy atom. The zero-order chi connectivity index (χ0) is 17.0. The monoisotopic (exact) mass is 343 g/mol. The van der Waals surface area contributed by atoms with Gasteiger partial charge in [-0.05, 0) is 38.1 Å². The van der Waals surface area contributed by atoms with Crippen molar-refractivity contribution in [1.82, 2.24) is 0 Å². The molecule has 0 radical (unpaired) electrons. The summed E-state index contributed by atoms with van der Waals surface area (Å²) in [6, 6.07) is 12.4. The minimum Gasteiger partial charge on any atom is -0.282 e. The molecule has 0 aliphatic carbocycles. The van der Waals surface area contributed by atoms with Crippen molar-refractivity contribution in [3.8, 4) is 0 Å². The van der Waals surface area contributed by atoms with Crippen LogP contribution < -0.4 is 5.14 Å². The molecule has 2 aromatic carbocycles. The highest BCUT2D eigenvalue weighted by atomic mass is 32.2. The number of primary sulfonamides is 1. The molecule has 2 rings (SSSR count). The van der Waals surface area contributed by atoms with Gasteiger partial charge in [0.25, 0.3) is 10.1 Å². The molecule has 0 aliphatic rings. The van der Waals surface area contributed by atoms with Gasteiger partial charge in [0.05, 0.1) is 9.79 Å². The second-order valence-corrected chi connectivity index (χ2v) is 7.63. The van der Waals surface area contributed by atoms with Gasteiger partial charge in [-0.15, -0.1) is 0 Å². The number of hydrogen-bond acceptors (Lipinski definition) is 4. The summed E-state index contributed by atoms with van der Waals surface area (Å²) in [5.41, 5.74) is 1.97. The van der Waals surface area contributed by atoms with Crippen LogP contribution in [-0.2, 0) is 20.1 Å². The van der Waals surface area contributed by atoms with E-state index in [0.717, 1.165) is 11.1 Å². The largest absolute Gasteiger partial charge is 0.294 e. The molecule has 6 nitrogen and oxygen atoms in total. The molecule has 0 atom stereocenters. The van der Waals surface area contributed by atoms with Crippen LogP contribution in [0, 0.1) is 13.8 Å². The van der Waals surface area contributed by atoms with E-state index in [1.165, 1.54) is 24.3 Å². The summed E-state index contributed by atoms with van der Waals surface area (Å²) in [4.78, 5) is 0.0891. The minimum atomic E-state index is -4.02. The SMILES string of the molecule is Cc1ccc(S(=O)(=O)O)cc1.Cc1ccc(S(N)(=O)=O)cc1. The van der Waals surface area contributed by atoms with Gasteiger partial charge in [-0.1, -0.05) is 35.4 Å². The third-order valence-corrected chi connectivity index (χ3v) is 4.47. The van der Waals surface area contributed by atoms with E-state index in [-0.39, 0.29) is 9.79 Å². The molecule has 0 heterocycles. The van der Waals surface area contributed by atoms with Gasteiger partial charge in [-0.25, -0.2) is 13.6 Å². The molecule has 2 aromatic rings. The van der Waals surface area contributed by atoms with Crippen LogP contribution in [0.15, 0.2) is 58.3 Å². The third-order valence-electron chi connectivity index (χ3n) is 2.67. The normalized spacial score (nSPS) is 11.5. The highest BCUT2D eigenvalue weighted by Crippen LogP contribution is 2.08. The summed E-state index contributed by atoms with van der Waals surface area (Å²) in [6.07, 6.45) is 0. The zero-order valence-corrected chi connectivity index (χ0v) is 13.7. The topological polar surface area (TPSA) is 115 Å². The first-order chi connectivity index (χ1) is 10.00. The number of rotatable bonds is 2. The lowest BCUT2D eigenvalue weighted by Crippen LogP contribution is -2.11. The van der Waals surface area contributed by atoms with Crippen molar-refractivity contribution in [2.75, 3.05) is 0 Å². The van der Waals surface area contributed by atoms with Crippen LogP contribution in [0.5, 0.6) is 0 Å². The van der Waals surface area contributed by atoms with Gasteiger partial charge in [0.15, 0.2) is 0 Å². The van der Waals surface area contributed by atoms with Crippen molar-refractivity contribution in [3.63, 3.8) is 0 Å². The Bertz CT molecular complexity index is 750. The molecule has 3 N–H and O–H groups in total. The summed E-state index contributed by atoms with van der Waals surface area (Å²) in [5, 5.41) is 4.88. The molecule has 120 valence electrons. The van der Waals surface area contributed by atoms with E-state index in [1.54, 1.807) is 24.3 Å². The maximum atomic E-state index is 10.7. The van der Waals surface area contributed by atoms with E-state index >= 15 is 0 Å². The minimum absolute atomic E-state index is 0.0666. The molecule has 0 amide bonds. The van der Waals surface area contributed by atoms with Crippen LogP contribution in [0.4, 0.5) is 0 Å². The highest BCUT2D eigenvalue weighted by molar-refractivity contribution is 7.89. The van der Waals surface area contributed by atoms with E-state index in [1.807, 2.05) is 13.8 Å². The Kier molecular flexibility index (Phi) is 5.84. The van der Waals surface area contributed by atoms with Crippen molar-refractivity contribution in [2.45, 2.75) is 23.6 Å². The Hall–Kier alpha value is -1.74. The predicted molar refractivity (Wildman–Crippen MR) is 83.5 cm³/mol. The molecule has 0 spiro atoms. The van der Waals surface area contributed by atoms with Gasteiger partial charge in [0, 0.05) is 0 Å². The van der Waals surface area contributed by atoms with E-state index < -0.39 is 20.1 Å². The quantitative estimate of drug-likeness (QED) is 0.808. The molecule has 0 saturated carbocycles. The van der Waals surface area contributed by atoms with Crippen LogP contribution in [0.1, 0.15) is 11.1 Å². The predicted octanol–water partition coefficient (Wildman–Crippen LogP) is 1.88.